The number of fused-ring (bicyclic) bond motifs is 1. The maximum absolute atomic E-state index is 12.0. The summed E-state index contributed by atoms with van der Waals surface area (Å²) in [6, 6.07) is 9.41. The Labute approximate surface area is 113 Å². The predicted molar refractivity (Wildman–Crippen MR) is 76.9 cm³/mol. The Kier molecular flexibility index (Phi) is 2.83. The molecule has 0 unspecified atom stereocenters. The van der Waals surface area contributed by atoms with Crippen LogP contribution in [0.2, 0.25) is 0 Å². The lowest BCUT2D eigenvalue weighted by molar-refractivity contribution is 0.642. The number of rotatable bonds is 2. The smallest absolute Gasteiger partial charge is 0.303 e. The Balaban J connectivity index is 2.14. The molecule has 0 spiro atoms. The van der Waals surface area contributed by atoms with Crippen molar-refractivity contribution in [1.29, 1.82) is 0 Å². The zero-order valence-electron chi connectivity index (χ0n) is 10.4. The highest BCUT2D eigenvalue weighted by Crippen LogP contribution is 2.25. The third-order valence-corrected chi connectivity index (χ3v) is 4.14. The summed E-state index contributed by atoms with van der Waals surface area (Å²) < 4.78 is 3.84. The molecular weight excluding hydrogens is 260 g/mol. The van der Waals surface area contributed by atoms with Gasteiger partial charge in [-0.1, -0.05) is 18.2 Å². The summed E-state index contributed by atoms with van der Waals surface area (Å²) in [5, 5.41) is 3.11. The third kappa shape index (κ3) is 2.02. The van der Waals surface area contributed by atoms with Crippen molar-refractivity contribution in [3.8, 4) is 0 Å². The van der Waals surface area contributed by atoms with E-state index in [-0.39, 0.29) is 11.2 Å². The van der Waals surface area contributed by atoms with Gasteiger partial charge in [-0.05, 0) is 22.4 Å². The molecule has 0 fully saturated rings. The molecule has 0 aliphatic carbocycles. The summed E-state index contributed by atoms with van der Waals surface area (Å²) in [7, 11) is 1.64. The van der Waals surface area contributed by atoms with Crippen LogP contribution in [0.15, 0.2) is 51.5 Å². The summed E-state index contributed by atoms with van der Waals surface area (Å²) in [5.74, 6) is 0. The van der Waals surface area contributed by atoms with Crippen LogP contribution in [0, 0.1) is 0 Å². The number of hydrogen-bond donors (Lipinski definition) is 0. The van der Waals surface area contributed by atoms with Gasteiger partial charge in [0.05, 0.1) is 6.54 Å². The quantitative estimate of drug-likeness (QED) is 0.714. The summed E-state index contributed by atoms with van der Waals surface area (Å²) in [6.07, 6.45) is 1.49. The highest BCUT2D eigenvalue weighted by Gasteiger charge is 2.08. The Bertz CT molecular complexity index is 857. The van der Waals surface area contributed by atoms with Crippen molar-refractivity contribution in [3.63, 3.8) is 0 Å². The molecule has 2 aromatic heterocycles. The van der Waals surface area contributed by atoms with E-state index >= 15 is 0 Å². The van der Waals surface area contributed by atoms with E-state index in [0.29, 0.717) is 6.54 Å². The van der Waals surface area contributed by atoms with Crippen LogP contribution in [0.3, 0.4) is 0 Å². The number of nitrogens with zero attached hydrogens (tertiary/aromatic N) is 2. The molecule has 0 radical (unpaired) electrons. The van der Waals surface area contributed by atoms with E-state index in [4.69, 9.17) is 0 Å². The van der Waals surface area contributed by atoms with E-state index < -0.39 is 0 Å². The Morgan fingerprint density at radius 1 is 1.16 bits per heavy atom. The van der Waals surface area contributed by atoms with E-state index in [1.807, 2.05) is 29.6 Å². The van der Waals surface area contributed by atoms with Crippen molar-refractivity contribution in [3.05, 3.63) is 68.3 Å². The molecule has 5 heteroatoms. The molecule has 0 amide bonds. The van der Waals surface area contributed by atoms with Crippen molar-refractivity contribution in [2.24, 2.45) is 7.05 Å². The molecule has 3 aromatic rings. The molecule has 2 heterocycles. The summed E-state index contributed by atoms with van der Waals surface area (Å²) in [6.45, 7) is 0.316. The van der Waals surface area contributed by atoms with Crippen molar-refractivity contribution in [2.75, 3.05) is 0 Å². The van der Waals surface area contributed by atoms with Gasteiger partial charge in [-0.15, -0.1) is 11.3 Å². The van der Waals surface area contributed by atoms with E-state index in [2.05, 4.69) is 0 Å². The van der Waals surface area contributed by atoms with E-state index in [0.717, 1.165) is 10.9 Å². The first-order valence-electron chi connectivity index (χ1n) is 5.88. The molecule has 1 aromatic carbocycles. The average Bonchev–Trinajstić information content (AvgIpc) is 2.83. The first-order valence-corrected chi connectivity index (χ1v) is 6.76. The van der Waals surface area contributed by atoms with Crippen LogP contribution in [-0.4, -0.2) is 9.13 Å². The van der Waals surface area contributed by atoms with Gasteiger partial charge < -0.3 is 4.57 Å². The minimum absolute atomic E-state index is 0.265. The molecule has 0 bridgehead atoms. The van der Waals surface area contributed by atoms with Gasteiger partial charge in [0, 0.05) is 24.0 Å². The Morgan fingerprint density at radius 3 is 2.79 bits per heavy atom. The molecule has 3 rings (SSSR count). The van der Waals surface area contributed by atoms with Gasteiger partial charge in [-0.3, -0.25) is 9.36 Å². The number of aromatic nitrogens is 2. The molecule has 0 atom stereocenters. The first-order chi connectivity index (χ1) is 9.16. The molecule has 19 heavy (non-hydrogen) atoms. The van der Waals surface area contributed by atoms with Crippen LogP contribution in [0.25, 0.3) is 10.1 Å². The second kappa shape index (κ2) is 4.51. The minimum atomic E-state index is -0.289. The maximum atomic E-state index is 12.0. The molecule has 0 N–H and O–H groups in total. The van der Waals surface area contributed by atoms with Crippen LogP contribution >= 0.6 is 11.3 Å². The van der Waals surface area contributed by atoms with Gasteiger partial charge in [0.1, 0.15) is 0 Å². The monoisotopic (exact) mass is 272 g/mol. The molecule has 96 valence electrons. The van der Waals surface area contributed by atoms with E-state index in [1.165, 1.54) is 26.1 Å². The molecule has 4 nitrogen and oxygen atoms in total. The van der Waals surface area contributed by atoms with Gasteiger partial charge in [0.15, 0.2) is 0 Å². The van der Waals surface area contributed by atoms with Crippen LogP contribution in [0.4, 0.5) is 0 Å². The zero-order chi connectivity index (χ0) is 13.4. The van der Waals surface area contributed by atoms with Crippen LogP contribution in [0.5, 0.6) is 0 Å². The highest BCUT2D eigenvalue weighted by atomic mass is 32.1. The normalized spacial score (nSPS) is 11.0. The topological polar surface area (TPSA) is 44.0 Å². The van der Waals surface area contributed by atoms with Crippen LogP contribution in [-0.2, 0) is 13.6 Å². The largest absolute Gasteiger partial charge is 0.331 e. The fourth-order valence-electron chi connectivity index (χ4n) is 2.09. The third-order valence-electron chi connectivity index (χ3n) is 3.13. The Hall–Kier alpha value is -2.14. The summed E-state index contributed by atoms with van der Waals surface area (Å²) in [4.78, 5) is 23.8. The molecule has 0 saturated heterocycles. The van der Waals surface area contributed by atoms with Crippen molar-refractivity contribution in [1.82, 2.24) is 9.13 Å². The maximum Gasteiger partial charge on any atom is 0.331 e. The molecule has 0 aliphatic rings. The predicted octanol–water partition coefficient (Wildman–Crippen LogP) is 1.81. The van der Waals surface area contributed by atoms with Crippen LogP contribution in [0.1, 0.15) is 5.56 Å². The second-order valence-electron chi connectivity index (χ2n) is 4.39. The van der Waals surface area contributed by atoms with Gasteiger partial charge >= 0.3 is 5.69 Å². The minimum Gasteiger partial charge on any atom is -0.303 e. The SMILES string of the molecule is Cn1ccc(=O)n(Cc2csc3ccccc23)c1=O. The number of benzene rings is 1. The second-order valence-corrected chi connectivity index (χ2v) is 5.30. The molecule has 0 saturated carbocycles. The van der Waals surface area contributed by atoms with E-state index in [9.17, 15) is 9.59 Å². The lowest BCUT2D eigenvalue weighted by Crippen LogP contribution is -2.38. The lowest BCUT2D eigenvalue weighted by Gasteiger charge is -2.05. The van der Waals surface area contributed by atoms with Gasteiger partial charge in [0.2, 0.25) is 0 Å². The fraction of sp³-hybridized carbons (Fsp3) is 0.143. The van der Waals surface area contributed by atoms with Gasteiger partial charge in [0.25, 0.3) is 5.56 Å². The van der Waals surface area contributed by atoms with Gasteiger partial charge in [-0.25, -0.2) is 4.79 Å². The first kappa shape index (κ1) is 11.9. The van der Waals surface area contributed by atoms with Crippen LogP contribution < -0.4 is 11.2 Å². The summed E-state index contributed by atoms with van der Waals surface area (Å²) >= 11 is 1.62. The standard InChI is InChI=1S/C14H12N2O2S/c1-15-7-6-13(17)16(14(15)18)8-10-9-19-12-5-3-2-4-11(10)12/h2-7,9H,8H2,1H3. The number of hydrogen-bond acceptors (Lipinski definition) is 3. The highest BCUT2D eigenvalue weighted by molar-refractivity contribution is 7.17. The fourth-order valence-corrected chi connectivity index (χ4v) is 3.04. The Morgan fingerprint density at radius 2 is 1.95 bits per heavy atom. The average molecular weight is 272 g/mol. The van der Waals surface area contributed by atoms with Crippen molar-refractivity contribution < 1.29 is 0 Å². The lowest BCUT2D eigenvalue weighted by atomic mass is 10.2. The van der Waals surface area contributed by atoms with Crippen molar-refractivity contribution in [2.45, 2.75) is 6.54 Å². The summed E-state index contributed by atoms with van der Waals surface area (Å²) in [5.41, 5.74) is 0.451. The zero-order valence-corrected chi connectivity index (χ0v) is 11.2. The molecule has 0 aliphatic heterocycles. The van der Waals surface area contributed by atoms with Gasteiger partial charge in [-0.2, -0.15) is 0 Å². The number of thiophene rings is 1. The number of aryl methyl sites for hydroxylation is 1. The van der Waals surface area contributed by atoms with Crippen molar-refractivity contribution >= 4 is 21.4 Å². The van der Waals surface area contributed by atoms with E-state index in [1.54, 1.807) is 18.4 Å². The molecular formula is C14H12N2O2S.